The Kier molecular flexibility index (Phi) is 5.31. The van der Waals surface area contributed by atoms with Gasteiger partial charge in [-0.15, -0.1) is 0 Å². The Morgan fingerprint density at radius 1 is 1.10 bits per heavy atom. The molecule has 2 aromatic rings. The van der Waals surface area contributed by atoms with E-state index in [2.05, 4.69) is 15.9 Å². The molecule has 1 atom stereocenters. The minimum atomic E-state index is -0.672. The van der Waals surface area contributed by atoms with Gasteiger partial charge in [0.15, 0.2) is 0 Å². The van der Waals surface area contributed by atoms with E-state index in [0.717, 1.165) is 41.1 Å². The van der Waals surface area contributed by atoms with Crippen molar-refractivity contribution in [3.05, 3.63) is 58.1 Å². The average Bonchev–Trinajstić information content (AvgIpc) is 2.40. The first-order valence-corrected chi connectivity index (χ1v) is 7.45. The van der Waals surface area contributed by atoms with Crippen LogP contribution in [0, 0.1) is 11.6 Å². The molecule has 0 saturated heterocycles. The van der Waals surface area contributed by atoms with Gasteiger partial charge in [0.1, 0.15) is 23.1 Å². The van der Waals surface area contributed by atoms with Crippen LogP contribution in [0.25, 0.3) is 0 Å². The first-order valence-electron chi connectivity index (χ1n) is 6.66. The van der Waals surface area contributed by atoms with Crippen molar-refractivity contribution in [1.29, 1.82) is 0 Å². The van der Waals surface area contributed by atoms with Crippen molar-refractivity contribution in [3.8, 4) is 11.5 Å². The van der Waals surface area contributed by atoms with E-state index in [4.69, 9.17) is 10.5 Å². The maximum absolute atomic E-state index is 13.1. The van der Waals surface area contributed by atoms with Crippen molar-refractivity contribution in [2.75, 3.05) is 0 Å². The maximum atomic E-state index is 13.1. The summed E-state index contributed by atoms with van der Waals surface area (Å²) in [7, 11) is 0. The summed E-state index contributed by atoms with van der Waals surface area (Å²) in [6.45, 7) is 2.04. The first kappa shape index (κ1) is 15.9. The molecule has 0 radical (unpaired) electrons. The number of rotatable bonds is 5. The zero-order valence-electron chi connectivity index (χ0n) is 11.6. The second-order valence-corrected chi connectivity index (χ2v) is 5.69. The molecule has 0 amide bonds. The van der Waals surface area contributed by atoms with Gasteiger partial charge in [-0.25, -0.2) is 8.78 Å². The van der Waals surface area contributed by atoms with E-state index in [1.54, 1.807) is 12.1 Å². The van der Waals surface area contributed by atoms with E-state index in [1.807, 2.05) is 13.0 Å². The molecular formula is C16H16BrF2NO. The number of halogens is 3. The lowest BCUT2D eigenvalue weighted by molar-refractivity contribution is 0.467. The largest absolute Gasteiger partial charge is 0.457 e. The van der Waals surface area contributed by atoms with E-state index in [0.29, 0.717) is 5.75 Å². The van der Waals surface area contributed by atoms with Crippen molar-refractivity contribution in [1.82, 2.24) is 0 Å². The van der Waals surface area contributed by atoms with E-state index in [-0.39, 0.29) is 11.8 Å². The van der Waals surface area contributed by atoms with E-state index in [1.165, 1.54) is 0 Å². The second kappa shape index (κ2) is 7.00. The SMILES string of the molecule is CCC(N)Cc1ccc(Oc2cc(F)cc(F)c2)cc1Br. The minimum absolute atomic E-state index is 0.102. The summed E-state index contributed by atoms with van der Waals surface area (Å²) in [5.41, 5.74) is 7.00. The van der Waals surface area contributed by atoms with Crippen LogP contribution in [0.1, 0.15) is 18.9 Å². The van der Waals surface area contributed by atoms with Gasteiger partial charge >= 0.3 is 0 Å². The highest BCUT2D eigenvalue weighted by Crippen LogP contribution is 2.28. The number of hydrogen-bond donors (Lipinski definition) is 1. The topological polar surface area (TPSA) is 35.2 Å². The van der Waals surface area contributed by atoms with Gasteiger partial charge in [0.25, 0.3) is 0 Å². The molecule has 0 bridgehead atoms. The normalized spacial score (nSPS) is 12.2. The zero-order valence-corrected chi connectivity index (χ0v) is 13.2. The Labute approximate surface area is 131 Å². The third-order valence-electron chi connectivity index (χ3n) is 3.10. The Hall–Kier alpha value is -1.46. The fourth-order valence-corrected chi connectivity index (χ4v) is 2.43. The smallest absolute Gasteiger partial charge is 0.133 e. The molecule has 2 N–H and O–H groups in total. The molecule has 1 unspecified atom stereocenters. The van der Waals surface area contributed by atoms with Gasteiger partial charge in [0.2, 0.25) is 0 Å². The predicted molar refractivity (Wildman–Crippen MR) is 82.5 cm³/mol. The Morgan fingerprint density at radius 3 is 2.33 bits per heavy atom. The van der Waals surface area contributed by atoms with E-state index < -0.39 is 11.6 Å². The summed E-state index contributed by atoms with van der Waals surface area (Å²) < 4.78 is 32.6. The quantitative estimate of drug-likeness (QED) is 0.835. The lowest BCUT2D eigenvalue weighted by atomic mass is 10.0. The van der Waals surface area contributed by atoms with Crippen molar-refractivity contribution >= 4 is 15.9 Å². The van der Waals surface area contributed by atoms with Crippen LogP contribution in [0.15, 0.2) is 40.9 Å². The van der Waals surface area contributed by atoms with Crippen molar-refractivity contribution < 1.29 is 13.5 Å². The lowest BCUT2D eigenvalue weighted by Gasteiger charge is -2.12. The summed E-state index contributed by atoms with van der Waals surface area (Å²) in [6.07, 6.45) is 1.65. The zero-order chi connectivity index (χ0) is 15.4. The number of nitrogens with two attached hydrogens (primary N) is 1. The van der Waals surface area contributed by atoms with Crippen molar-refractivity contribution in [2.45, 2.75) is 25.8 Å². The van der Waals surface area contributed by atoms with Crippen LogP contribution in [0.3, 0.4) is 0 Å². The van der Waals surface area contributed by atoms with Gasteiger partial charge in [-0.2, -0.15) is 0 Å². The van der Waals surface area contributed by atoms with Gasteiger partial charge in [-0.1, -0.05) is 28.9 Å². The summed E-state index contributed by atoms with van der Waals surface area (Å²) in [4.78, 5) is 0. The Bertz CT molecular complexity index is 613. The van der Waals surface area contributed by atoms with Crippen LogP contribution >= 0.6 is 15.9 Å². The molecule has 0 heterocycles. The van der Waals surface area contributed by atoms with Gasteiger partial charge in [-0.3, -0.25) is 0 Å². The van der Waals surface area contributed by atoms with E-state index in [9.17, 15) is 8.78 Å². The number of ether oxygens (including phenoxy) is 1. The Balaban J connectivity index is 2.16. The van der Waals surface area contributed by atoms with Crippen LogP contribution in [0.2, 0.25) is 0 Å². The summed E-state index contributed by atoms with van der Waals surface area (Å²) in [5, 5.41) is 0. The maximum Gasteiger partial charge on any atom is 0.133 e. The van der Waals surface area contributed by atoms with Crippen molar-refractivity contribution in [3.63, 3.8) is 0 Å². The molecule has 0 aliphatic carbocycles. The molecule has 2 aromatic carbocycles. The highest BCUT2D eigenvalue weighted by atomic mass is 79.9. The molecule has 2 nitrogen and oxygen atoms in total. The number of hydrogen-bond acceptors (Lipinski definition) is 2. The molecule has 21 heavy (non-hydrogen) atoms. The molecule has 0 aliphatic heterocycles. The fourth-order valence-electron chi connectivity index (χ4n) is 1.91. The predicted octanol–water partition coefficient (Wildman–Crippen LogP) is 4.80. The highest BCUT2D eigenvalue weighted by Gasteiger charge is 2.08. The summed E-state index contributed by atoms with van der Waals surface area (Å²) in [5.74, 6) is -0.720. The molecule has 0 saturated carbocycles. The van der Waals surface area contributed by atoms with Gasteiger partial charge in [-0.05, 0) is 30.5 Å². The standard InChI is InChI=1S/C16H16BrF2NO/c1-2-13(20)5-10-3-4-14(9-16(10)17)21-15-7-11(18)6-12(19)8-15/h3-4,6-9,13H,2,5,20H2,1H3. The first-order chi connectivity index (χ1) is 9.97. The van der Waals surface area contributed by atoms with Gasteiger partial charge in [0, 0.05) is 28.7 Å². The van der Waals surface area contributed by atoms with Gasteiger partial charge in [0.05, 0.1) is 0 Å². The molecule has 0 spiro atoms. The molecule has 5 heteroatoms. The van der Waals surface area contributed by atoms with Crippen LogP contribution in [-0.4, -0.2) is 6.04 Å². The van der Waals surface area contributed by atoms with E-state index >= 15 is 0 Å². The third kappa shape index (κ3) is 4.51. The molecule has 2 rings (SSSR count). The van der Waals surface area contributed by atoms with Crippen LogP contribution < -0.4 is 10.5 Å². The fraction of sp³-hybridized carbons (Fsp3) is 0.250. The molecule has 0 fully saturated rings. The van der Waals surface area contributed by atoms with Crippen LogP contribution in [-0.2, 0) is 6.42 Å². The summed E-state index contributed by atoms with van der Waals surface area (Å²) in [6, 6.07) is 8.59. The average molecular weight is 356 g/mol. The highest BCUT2D eigenvalue weighted by molar-refractivity contribution is 9.10. The molecule has 0 aliphatic rings. The van der Waals surface area contributed by atoms with Crippen molar-refractivity contribution in [2.24, 2.45) is 5.73 Å². The molecule has 0 aromatic heterocycles. The molecule has 112 valence electrons. The monoisotopic (exact) mass is 355 g/mol. The number of benzene rings is 2. The van der Waals surface area contributed by atoms with Gasteiger partial charge < -0.3 is 10.5 Å². The van der Waals surface area contributed by atoms with Crippen LogP contribution in [0.5, 0.6) is 11.5 Å². The Morgan fingerprint density at radius 2 is 1.76 bits per heavy atom. The van der Waals surface area contributed by atoms with Crippen LogP contribution in [0.4, 0.5) is 8.78 Å². The summed E-state index contributed by atoms with van der Waals surface area (Å²) >= 11 is 3.46. The molecular weight excluding hydrogens is 340 g/mol. The lowest BCUT2D eigenvalue weighted by Crippen LogP contribution is -2.21. The minimum Gasteiger partial charge on any atom is -0.457 e. The third-order valence-corrected chi connectivity index (χ3v) is 3.84. The second-order valence-electron chi connectivity index (χ2n) is 4.83.